The number of nitrogens with one attached hydrogen (secondary N) is 1. The van der Waals surface area contributed by atoms with Crippen LogP contribution < -0.4 is 5.32 Å². The van der Waals surface area contributed by atoms with E-state index >= 15 is 0 Å². The van der Waals surface area contributed by atoms with Crippen LogP contribution in [0.1, 0.15) is 31.7 Å². The first-order valence-corrected chi connectivity index (χ1v) is 10.5. The maximum Gasteiger partial charge on any atom is 0.321 e. The predicted molar refractivity (Wildman–Crippen MR) is 107 cm³/mol. The van der Waals surface area contributed by atoms with Crippen molar-refractivity contribution in [2.75, 3.05) is 25.0 Å². The second kappa shape index (κ2) is 7.59. The Balaban J connectivity index is 1.26. The van der Waals surface area contributed by atoms with Gasteiger partial charge in [-0.2, -0.15) is 5.10 Å². The average molecular weight is 380 g/mol. The van der Waals surface area contributed by atoms with Crippen LogP contribution in [0.4, 0.5) is 10.5 Å². The number of hydrogen-bond donors (Lipinski definition) is 1. The van der Waals surface area contributed by atoms with Crippen LogP contribution in [0.15, 0.2) is 48.8 Å². The minimum absolute atomic E-state index is 0.00619. The first-order chi connectivity index (χ1) is 13.8. The number of benzene rings is 1. The molecule has 1 aromatic carbocycles. The van der Waals surface area contributed by atoms with Crippen LogP contribution >= 0.6 is 0 Å². The summed E-state index contributed by atoms with van der Waals surface area (Å²) in [5.41, 5.74) is 0.849. The highest BCUT2D eigenvalue weighted by molar-refractivity contribution is 5.89. The van der Waals surface area contributed by atoms with Crippen molar-refractivity contribution in [3.05, 3.63) is 48.8 Å². The summed E-state index contributed by atoms with van der Waals surface area (Å²) in [7, 11) is 0. The molecule has 4 atom stereocenters. The highest BCUT2D eigenvalue weighted by Gasteiger charge is 2.45. The van der Waals surface area contributed by atoms with Gasteiger partial charge in [0, 0.05) is 37.8 Å². The van der Waals surface area contributed by atoms with E-state index in [0.29, 0.717) is 11.8 Å². The van der Waals surface area contributed by atoms with Crippen LogP contribution in [0.3, 0.4) is 0 Å². The molecule has 6 heteroatoms. The summed E-state index contributed by atoms with van der Waals surface area (Å²) < 4.78 is 8.43. The molecule has 148 valence electrons. The molecular weight excluding hydrogens is 352 g/mol. The van der Waals surface area contributed by atoms with Crippen LogP contribution in [-0.2, 0) is 4.74 Å². The zero-order valence-corrected chi connectivity index (χ0v) is 16.1. The summed E-state index contributed by atoms with van der Waals surface area (Å²) in [5, 5.41) is 7.53. The van der Waals surface area contributed by atoms with Crippen LogP contribution in [0.2, 0.25) is 0 Å². The van der Waals surface area contributed by atoms with Crippen molar-refractivity contribution in [1.82, 2.24) is 14.7 Å². The lowest BCUT2D eigenvalue weighted by Gasteiger charge is -2.37. The van der Waals surface area contributed by atoms with Crippen molar-refractivity contribution in [1.29, 1.82) is 0 Å². The van der Waals surface area contributed by atoms with Crippen LogP contribution in [0, 0.1) is 17.8 Å². The fraction of sp³-hybridized carbons (Fsp3) is 0.545. The molecule has 2 aromatic rings. The number of anilines is 1. The normalized spacial score (nSPS) is 29.5. The number of rotatable bonds is 5. The average Bonchev–Trinajstić information content (AvgIpc) is 3.21. The Hall–Kier alpha value is -2.34. The Morgan fingerprint density at radius 2 is 1.89 bits per heavy atom. The number of nitrogens with zero attached hydrogens (tertiary/aromatic N) is 3. The number of fused-ring (bicyclic) bond motifs is 1. The second-order valence-corrected chi connectivity index (χ2v) is 8.56. The smallest absolute Gasteiger partial charge is 0.321 e. The van der Waals surface area contributed by atoms with Gasteiger partial charge >= 0.3 is 6.03 Å². The largest absolute Gasteiger partial charge is 0.376 e. The van der Waals surface area contributed by atoms with Gasteiger partial charge in [-0.15, -0.1) is 0 Å². The van der Waals surface area contributed by atoms with E-state index in [1.54, 1.807) is 0 Å². The molecule has 0 spiro atoms. The number of urea groups is 1. The van der Waals surface area contributed by atoms with Gasteiger partial charge in [-0.1, -0.05) is 18.2 Å². The standard InChI is InChI=1S/C22H28N4O2/c27-22(24-19-5-2-1-3-6-19)25-13-17-11-20(26-10-4-9-23-26)21(12-18(17)14-25)28-15-16-7-8-16/h1-6,9-10,16-18,20-21H,7-8,11-15H2,(H,24,27)/t17-,18+,20-,21-/m0/s1. The number of para-hydroxylation sites is 1. The van der Waals surface area contributed by atoms with Gasteiger partial charge in [0.15, 0.2) is 0 Å². The lowest BCUT2D eigenvalue weighted by atomic mass is 9.77. The molecule has 0 bridgehead atoms. The minimum atomic E-state index is 0.00619. The molecule has 2 amide bonds. The number of aromatic nitrogens is 2. The Morgan fingerprint density at radius 1 is 1.11 bits per heavy atom. The lowest BCUT2D eigenvalue weighted by Crippen LogP contribution is -2.38. The van der Waals surface area contributed by atoms with E-state index < -0.39 is 0 Å². The van der Waals surface area contributed by atoms with E-state index in [0.717, 1.165) is 44.1 Å². The van der Waals surface area contributed by atoms with Crippen molar-refractivity contribution in [3.63, 3.8) is 0 Å². The van der Waals surface area contributed by atoms with Gasteiger partial charge in [0.2, 0.25) is 0 Å². The van der Waals surface area contributed by atoms with E-state index in [9.17, 15) is 4.79 Å². The number of likely N-dealkylation sites (tertiary alicyclic amines) is 1. The number of hydrogen-bond acceptors (Lipinski definition) is 3. The SMILES string of the molecule is O=C(Nc1ccccc1)N1C[C@H]2C[C@H](OCC3CC3)[C@@H](n3cccn3)C[C@H]2C1. The van der Waals surface area contributed by atoms with Crippen molar-refractivity contribution in [2.45, 2.75) is 37.8 Å². The molecule has 1 N–H and O–H groups in total. The summed E-state index contributed by atoms with van der Waals surface area (Å²) in [4.78, 5) is 14.7. The number of carbonyl (C=O) groups excluding carboxylic acids is 1. The lowest BCUT2D eigenvalue weighted by molar-refractivity contribution is -0.0371. The third-order valence-electron chi connectivity index (χ3n) is 6.50. The zero-order chi connectivity index (χ0) is 18.9. The molecule has 3 fully saturated rings. The van der Waals surface area contributed by atoms with E-state index in [-0.39, 0.29) is 18.2 Å². The summed E-state index contributed by atoms with van der Waals surface area (Å²) in [6.07, 6.45) is 8.73. The summed E-state index contributed by atoms with van der Waals surface area (Å²) in [6, 6.07) is 12.0. The molecular formula is C22H28N4O2. The van der Waals surface area contributed by atoms with Gasteiger partial charge in [0.25, 0.3) is 0 Å². The van der Waals surface area contributed by atoms with Crippen LogP contribution in [-0.4, -0.2) is 46.5 Å². The fourth-order valence-electron chi connectivity index (χ4n) is 4.76. The second-order valence-electron chi connectivity index (χ2n) is 8.56. The van der Waals surface area contributed by atoms with Crippen LogP contribution in [0.5, 0.6) is 0 Å². The van der Waals surface area contributed by atoms with Crippen LogP contribution in [0.25, 0.3) is 0 Å². The van der Waals surface area contributed by atoms with E-state index in [4.69, 9.17) is 4.74 Å². The maximum absolute atomic E-state index is 12.7. The van der Waals surface area contributed by atoms with E-state index in [2.05, 4.69) is 15.1 Å². The van der Waals surface area contributed by atoms with E-state index in [1.807, 2.05) is 53.7 Å². The summed E-state index contributed by atoms with van der Waals surface area (Å²) in [6.45, 7) is 2.51. The van der Waals surface area contributed by atoms with Crippen molar-refractivity contribution >= 4 is 11.7 Å². The van der Waals surface area contributed by atoms with Crippen molar-refractivity contribution in [3.8, 4) is 0 Å². The Kier molecular flexibility index (Phi) is 4.81. The molecule has 2 saturated carbocycles. The zero-order valence-electron chi connectivity index (χ0n) is 16.1. The first-order valence-electron chi connectivity index (χ1n) is 10.5. The van der Waals surface area contributed by atoms with Gasteiger partial charge in [-0.05, 0) is 61.6 Å². The van der Waals surface area contributed by atoms with Gasteiger partial charge in [0.1, 0.15) is 0 Å². The van der Waals surface area contributed by atoms with E-state index in [1.165, 1.54) is 12.8 Å². The molecule has 1 aromatic heterocycles. The highest BCUT2D eigenvalue weighted by atomic mass is 16.5. The van der Waals surface area contributed by atoms with Gasteiger partial charge < -0.3 is 15.0 Å². The maximum atomic E-state index is 12.7. The monoisotopic (exact) mass is 380 g/mol. The van der Waals surface area contributed by atoms with Crippen molar-refractivity contribution < 1.29 is 9.53 Å². The molecule has 3 aliphatic rings. The molecule has 6 nitrogen and oxygen atoms in total. The molecule has 1 aliphatic heterocycles. The molecule has 1 saturated heterocycles. The highest BCUT2D eigenvalue weighted by Crippen LogP contribution is 2.43. The van der Waals surface area contributed by atoms with Gasteiger partial charge in [-0.3, -0.25) is 4.68 Å². The Bertz CT molecular complexity index is 790. The van der Waals surface area contributed by atoms with Crippen molar-refractivity contribution in [2.24, 2.45) is 17.8 Å². The Morgan fingerprint density at radius 3 is 2.61 bits per heavy atom. The summed E-state index contributed by atoms with van der Waals surface area (Å²) >= 11 is 0. The number of amides is 2. The molecule has 2 heterocycles. The van der Waals surface area contributed by atoms with Gasteiger partial charge in [0.05, 0.1) is 12.1 Å². The topological polar surface area (TPSA) is 59.4 Å². The molecule has 5 rings (SSSR count). The van der Waals surface area contributed by atoms with Gasteiger partial charge in [-0.25, -0.2) is 4.79 Å². The first kappa shape index (κ1) is 17.7. The fourth-order valence-corrected chi connectivity index (χ4v) is 4.76. The molecule has 0 unspecified atom stereocenters. The molecule has 2 aliphatic carbocycles. The quantitative estimate of drug-likeness (QED) is 0.858. The third-order valence-corrected chi connectivity index (χ3v) is 6.50. The third kappa shape index (κ3) is 3.78. The summed E-state index contributed by atoms with van der Waals surface area (Å²) in [5.74, 6) is 1.78. The number of ether oxygens (including phenoxy) is 1. The number of carbonyl (C=O) groups is 1. The molecule has 0 radical (unpaired) electrons. The predicted octanol–water partition coefficient (Wildman–Crippen LogP) is 3.79. The Labute approximate surface area is 165 Å². The molecule has 28 heavy (non-hydrogen) atoms. The minimum Gasteiger partial charge on any atom is -0.376 e.